The van der Waals surface area contributed by atoms with Gasteiger partial charge in [0, 0.05) is 18.3 Å². The quantitative estimate of drug-likeness (QED) is 0.752. The van der Waals surface area contributed by atoms with E-state index in [9.17, 15) is 8.42 Å². The van der Waals surface area contributed by atoms with E-state index in [-0.39, 0.29) is 29.8 Å². The van der Waals surface area contributed by atoms with Crippen molar-refractivity contribution in [1.82, 2.24) is 9.29 Å². The Morgan fingerprint density at radius 1 is 1.19 bits per heavy atom. The maximum absolute atomic E-state index is 12.8. The average molecular weight is 375 g/mol. The third-order valence-corrected chi connectivity index (χ3v) is 5.83. The summed E-state index contributed by atoms with van der Waals surface area (Å²) in [7, 11) is -0.806. The van der Waals surface area contributed by atoms with Gasteiger partial charge < -0.3 is 14.2 Å². The van der Waals surface area contributed by atoms with Crippen LogP contribution in [0.5, 0.6) is 17.4 Å². The third kappa shape index (κ3) is 3.42. The minimum atomic E-state index is -3.71. The molecule has 0 atom stereocenters. The number of nitrogens with zero attached hydrogens (tertiary/aromatic N) is 3. The zero-order valence-electron chi connectivity index (χ0n) is 14.2. The van der Waals surface area contributed by atoms with Crippen LogP contribution in [0.3, 0.4) is 0 Å². The zero-order chi connectivity index (χ0) is 18.7. The number of hydrogen-bond acceptors (Lipinski definition) is 7. The van der Waals surface area contributed by atoms with Crippen LogP contribution in [0.15, 0.2) is 41.4 Å². The Morgan fingerprint density at radius 2 is 1.96 bits per heavy atom. The second kappa shape index (κ2) is 7.19. The first-order valence-corrected chi connectivity index (χ1v) is 9.17. The van der Waals surface area contributed by atoms with E-state index in [4.69, 9.17) is 19.5 Å². The van der Waals surface area contributed by atoms with Gasteiger partial charge in [-0.1, -0.05) is 0 Å². The predicted octanol–water partition coefficient (Wildman–Crippen LogP) is 1.42. The second-order valence-corrected chi connectivity index (χ2v) is 7.48. The topological polar surface area (TPSA) is 102 Å². The van der Waals surface area contributed by atoms with Gasteiger partial charge in [-0.3, -0.25) is 0 Å². The fourth-order valence-corrected chi connectivity index (χ4v) is 4.15. The van der Waals surface area contributed by atoms with Gasteiger partial charge in [-0.05, 0) is 18.2 Å². The van der Waals surface area contributed by atoms with Crippen molar-refractivity contribution in [1.29, 1.82) is 5.26 Å². The molecule has 26 heavy (non-hydrogen) atoms. The fraction of sp³-hybridized carbons (Fsp3) is 0.294. The molecule has 8 nitrogen and oxygen atoms in total. The fourth-order valence-electron chi connectivity index (χ4n) is 2.51. The minimum absolute atomic E-state index is 0.0730. The van der Waals surface area contributed by atoms with E-state index in [0.717, 1.165) is 0 Å². The molecule has 0 radical (unpaired) electrons. The highest BCUT2D eigenvalue weighted by molar-refractivity contribution is 7.89. The molecule has 0 saturated carbocycles. The van der Waals surface area contributed by atoms with Gasteiger partial charge >= 0.3 is 0 Å². The molecule has 1 fully saturated rings. The van der Waals surface area contributed by atoms with Crippen LogP contribution in [0.1, 0.15) is 5.56 Å². The molecular formula is C17H17N3O5S. The lowest BCUT2D eigenvalue weighted by Crippen LogP contribution is -2.56. The molecule has 9 heteroatoms. The highest BCUT2D eigenvalue weighted by atomic mass is 32.2. The van der Waals surface area contributed by atoms with Crippen molar-refractivity contribution in [3.05, 3.63) is 42.1 Å². The molecule has 0 bridgehead atoms. The van der Waals surface area contributed by atoms with E-state index in [2.05, 4.69) is 4.98 Å². The first-order chi connectivity index (χ1) is 12.5. The van der Waals surface area contributed by atoms with E-state index < -0.39 is 10.0 Å². The number of nitriles is 1. The summed E-state index contributed by atoms with van der Waals surface area (Å²) in [5, 5.41) is 8.89. The van der Waals surface area contributed by atoms with Crippen molar-refractivity contribution in [2.45, 2.75) is 11.0 Å². The van der Waals surface area contributed by atoms with Crippen molar-refractivity contribution in [2.75, 3.05) is 27.3 Å². The molecule has 3 rings (SSSR count). The predicted molar refractivity (Wildman–Crippen MR) is 91.7 cm³/mol. The van der Waals surface area contributed by atoms with Crippen LogP contribution in [0.4, 0.5) is 0 Å². The van der Waals surface area contributed by atoms with E-state index in [0.29, 0.717) is 17.2 Å². The van der Waals surface area contributed by atoms with Crippen LogP contribution in [-0.2, 0) is 10.0 Å². The Bertz CT molecular complexity index is 949. The summed E-state index contributed by atoms with van der Waals surface area (Å²) in [5.41, 5.74) is 0.432. The molecule has 2 heterocycles. The van der Waals surface area contributed by atoms with E-state index in [1.165, 1.54) is 42.9 Å². The summed E-state index contributed by atoms with van der Waals surface area (Å²) in [6.07, 6.45) is 1.15. The van der Waals surface area contributed by atoms with Gasteiger partial charge in [-0.25, -0.2) is 13.4 Å². The number of ether oxygens (including phenoxy) is 3. The maximum atomic E-state index is 12.8. The van der Waals surface area contributed by atoms with Crippen LogP contribution < -0.4 is 14.2 Å². The second-order valence-electron chi connectivity index (χ2n) is 5.57. The van der Waals surface area contributed by atoms with Crippen LogP contribution in [0.2, 0.25) is 0 Å². The highest BCUT2D eigenvalue weighted by Gasteiger charge is 2.39. The van der Waals surface area contributed by atoms with Gasteiger partial charge in [0.15, 0.2) is 0 Å². The van der Waals surface area contributed by atoms with Gasteiger partial charge in [-0.2, -0.15) is 9.57 Å². The Labute approximate surface area is 151 Å². The van der Waals surface area contributed by atoms with Crippen LogP contribution >= 0.6 is 0 Å². The largest absolute Gasteiger partial charge is 0.497 e. The molecule has 1 aromatic heterocycles. The smallest absolute Gasteiger partial charge is 0.247 e. The van der Waals surface area contributed by atoms with Crippen LogP contribution in [0.25, 0.3) is 0 Å². The van der Waals surface area contributed by atoms with Gasteiger partial charge in [0.2, 0.25) is 15.9 Å². The van der Waals surface area contributed by atoms with Gasteiger partial charge in [0.05, 0.1) is 38.9 Å². The SMILES string of the molecule is COc1ccc(S(=O)(=O)N2CC(Oc3cc(C#N)ccn3)C2)c(OC)c1. The number of rotatable bonds is 6. The average Bonchev–Trinajstić information content (AvgIpc) is 2.63. The lowest BCUT2D eigenvalue weighted by atomic mass is 10.2. The lowest BCUT2D eigenvalue weighted by Gasteiger charge is -2.37. The van der Waals surface area contributed by atoms with Gasteiger partial charge in [-0.15, -0.1) is 0 Å². The molecule has 0 unspecified atom stereocenters. The number of aromatic nitrogens is 1. The summed E-state index contributed by atoms with van der Waals surface area (Å²) in [6, 6.07) is 9.64. The van der Waals surface area contributed by atoms with Crippen molar-refractivity contribution < 1.29 is 22.6 Å². The summed E-state index contributed by atoms with van der Waals surface area (Å²) in [5.74, 6) is 1.03. The first-order valence-electron chi connectivity index (χ1n) is 7.73. The van der Waals surface area contributed by atoms with Crippen LogP contribution in [0, 0.1) is 11.3 Å². The molecular weight excluding hydrogens is 358 g/mol. The van der Waals surface area contributed by atoms with Crippen LogP contribution in [-0.4, -0.2) is 51.1 Å². The third-order valence-electron chi connectivity index (χ3n) is 3.95. The Balaban J connectivity index is 1.71. The maximum Gasteiger partial charge on any atom is 0.247 e. The molecule has 1 aliphatic rings. The number of pyridine rings is 1. The van der Waals surface area contributed by atoms with E-state index in [1.54, 1.807) is 12.1 Å². The monoisotopic (exact) mass is 375 g/mol. The molecule has 0 aliphatic carbocycles. The summed E-state index contributed by atoms with van der Waals surface area (Å²) in [4.78, 5) is 4.10. The van der Waals surface area contributed by atoms with Crippen molar-refractivity contribution >= 4 is 10.0 Å². The molecule has 2 aromatic rings. The Kier molecular flexibility index (Phi) is 4.97. The van der Waals surface area contributed by atoms with Crippen molar-refractivity contribution in [2.24, 2.45) is 0 Å². The molecule has 0 amide bonds. The molecule has 136 valence electrons. The Morgan fingerprint density at radius 3 is 2.62 bits per heavy atom. The number of methoxy groups -OCH3 is 2. The summed E-state index contributed by atoms with van der Waals surface area (Å²) < 4.78 is 42.8. The van der Waals surface area contributed by atoms with E-state index in [1.807, 2.05) is 6.07 Å². The minimum Gasteiger partial charge on any atom is -0.497 e. The van der Waals surface area contributed by atoms with Crippen molar-refractivity contribution in [3.63, 3.8) is 0 Å². The molecule has 0 N–H and O–H groups in total. The number of sulfonamides is 1. The lowest BCUT2D eigenvalue weighted by molar-refractivity contribution is 0.0719. The Hall–Kier alpha value is -2.83. The molecule has 1 aliphatic heterocycles. The molecule has 1 aromatic carbocycles. The summed E-state index contributed by atoms with van der Waals surface area (Å²) in [6.45, 7) is 0.381. The summed E-state index contributed by atoms with van der Waals surface area (Å²) >= 11 is 0. The first kappa shape index (κ1) is 18.0. The van der Waals surface area contributed by atoms with Gasteiger partial charge in [0.1, 0.15) is 22.5 Å². The number of benzene rings is 1. The van der Waals surface area contributed by atoms with Gasteiger partial charge in [0.25, 0.3) is 0 Å². The normalized spacial score (nSPS) is 15.0. The zero-order valence-corrected chi connectivity index (χ0v) is 15.1. The molecule has 1 saturated heterocycles. The standard InChI is InChI=1S/C17H17N3O5S/c1-23-13-3-4-16(15(8-13)24-2)26(21,22)20-10-14(11-20)25-17-7-12(9-18)5-6-19-17/h3-8,14H,10-11H2,1-2H3. The number of hydrogen-bond donors (Lipinski definition) is 0. The van der Waals surface area contributed by atoms with Crippen molar-refractivity contribution in [3.8, 4) is 23.4 Å². The molecule has 0 spiro atoms. The highest BCUT2D eigenvalue weighted by Crippen LogP contribution is 2.33. The van der Waals surface area contributed by atoms with E-state index >= 15 is 0 Å².